The molecule has 3 nitrogen and oxygen atoms in total. The molecule has 3 heteroatoms. The van der Waals surface area contributed by atoms with E-state index < -0.39 is 0 Å². The average molecular weight is 336 g/mol. The molecule has 2 aliphatic rings. The van der Waals surface area contributed by atoms with Gasteiger partial charge in [0.1, 0.15) is 6.20 Å². The first-order valence-electron chi connectivity index (χ1n) is 8.76. The third-order valence-electron chi connectivity index (χ3n) is 4.75. The van der Waals surface area contributed by atoms with Crippen LogP contribution >= 0.6 is 0 Å². The Morgan fingerprint density at radius 1 is 0.731 bits per heavy atom. The fourth-order valence-electron chi connectivity index (χ4n) is 3.39. The van der Waals surface area contributed by atoms with E-state index in [2.05, 4.69) is 94.7 Å². The van der Waals surface area contributed by atoms with Gasteiger partial charge in [0.25, 0.3) is 5.84 Å². The summed E-state index contributed by atoms with van der Waals surface area (Å²) in [5, 5.41) is 0. The van der Waals surface area contributed by atoms with Crippen LogP contribution in [0.25, 0.3) is 16.7 Å². The molecule has 0 saturated heterocycles. The van der Waals surface area contributed by atoms with Gasteiger partial charge in [-0.1, -0.05) is 60.7 Å². The second kappa shape index (κ2) is 6.12. The van der Waals surface area contributed by atoms with Crippen molar-refractivity contribution in [2.45, 2.75) is 6.67 Å². The van der Waals surface area contributed by atoms with Gasteiger partial charge in [-0.3, -0.25) is 4.90 Å². The summed E-state index contributed by atoms with van der Waals surface area (Å²) in [4.78, 5) is 7.00. The lowest BCUT2D eigenvalue weighted by Crippen LogP contribution is -2.47. The van der Waals surface area contributed by atoms with Gasteiger partial charge >= 0.3 is 5.82 Å². The summed E-state index contributed by atoms with van der Waals surface area (Å²) in [5.41, 5.74) is 4.84. The molecule has 2 aromatic carbocycles. The molecule has 0 aliphatic carbocycles. The van der Waals surface area contributed by atoms with Gasteiger partial charge in [0, 0.05) is 23.9 Å². The molecule has 0 radical (unpaired) electrons. The number of hydrogen-bond acceptors (Lipinski definition) is 2. The summed E-state index contributed by atoms with van der Waals surface area (Å²) < 4.78 is 2.20. The number of aromatic nitrogens is 1. The average Bonchev–Trinajstić information content (AvgIpc) is 2.73. The fraction of sp³-hybridized carbons (Fsp3) is 0.0435. The van der Waals surface area contributed by atoms with Crippen molar-refractivity contribution < 1.29 is 4.57 Å². The van der Waals surface area contributed by atoms with E-state index in [1.165, 1.54) is 22.3 Å². The van der Waals surface area contributed by atoms with Crippen LogP contribution in [-0.2, 0) is 6.67 Å². The van der Waals surface area contributed by atoms with Gasteiger partial charge in [-0.05, 0) is 33.8 Å². The van der Waals surface area contributed by atoms with E-state index in [4.69, 9.17) is 4.99 Å². The van der Waals surface area contributed by atoms with Gasteiger partial charge < -0.3 is 0 Å². The smallest absolute Gasteiger partial charge is 0.274 e. The molecule has 0 bridgehead atoms. The van der Waals surface area contributed by atoms with Gasteiger partial charge in [-0.25, -0.2) is 4.57 Å². The maximum atomic E-state index is 4.80. The zero-order valence-corrected chi connectivity index (χ0v) is 14.3. The zero-order valence-electron chi connectivity index (χ0n) is 14.3. The lowest BCUT2D eigenvalue weighted by Gasteiger charge is -2.24. The van der Waals surface area contributed by atoms with Crippen LogP contribution in [0.4, 0.5) is 5.82 Å². The molecule has 0 fully saturated rings. The van der Waals surface area contributed by atoms with Gasteiger partial charge in [0.2, 0.25) is 0 Å². The molecule has 0 amide bonds. The number of allylic oxidation sites excluding steroid dienone is 2. The van der Waals surface area contributed by atoms with E-state index in [0.717, 1.165) is 18.3 Å². The minimum atomic E-state index is 0.759. The van der Waals surface area contributed by atoms with Crippen molar-refractivity contribution in [1.82, 2.24) is 4.90 Å². The molecule has 3 heterocycles. The lowest BCUT2D eigenvalue weighted by molar-refractivity contribution is -0.699. The van der Waals surface area contributed by atoms with Crippen molar-refractivity contribution in [2.75, 3.05) is 0 Å². The van der Waals surface area contributed by atoms with Crippen LogP contribution in [0.2, 0.25) is 0 Å². The monoisotopic (exact) mass is 336 g/mol. The highest BCUT2D eigenvalue weighted by Crippen LogP contribution is 2.25. The summed E-state index contributed by atoms with van der Waals surface area (Å²) in [6.07, 6.45) is 8.59. The first-order valence-corrected chi connectivity index (χ1v) is 8.76. The van der Waals surface area contributed by atoms with E-state index in [1.807, 2.05) is 12.1 Å². The Morgan fingerprint density at radius 3 is 2.23 bits per heavy atom. The standard InChI is InChI=1S/C23H18N3/c1-3-7-18(8-4-1)20-11-13-22-24-23-14-12-21(19-9-5-2-6-10-19)16-26(23)17-25(22)15-20/h1-16H,17H2/q+1. The van der Waals surface area contributed by atoms with Gasteiger partial charge in [0.05, 0.1) is 0 Å². The molecule has 0 atom stereocenters. The minimum Gasteiger partial charge on any atom is -0.274 e. The molecule has 2 aliphatic heterocycles. The van der Waals surface area contributed by atoms with E-state index in [-0.39, 0.29) is 0 Å². The highest BCUT2D eigenvalue weighted by atomic mass is 15.3. The van der Waals surface area contributed by atoms with Crippen LogP contribution in [0.1, 0.15) is 5.56 Å². The van der Waals surface area contributed by atoms with E-state index in [9.17, 15) is 0 Å². The zero-order chi connectivity index (χ0) is 17.3. The van der Waals surface area contributed by atoms with E-state index in [1.54, 1.807) is 0 Å². The Balaban J connectivity index is 1.51. The molecule has 0 N–H and O–H groups in total. The first-order chi connectivity index (χ1) is 12.9. The summed E-state index contributed by atoms with van der Waals surface area (Å²) in [7, 11) is 0. The SMILES string of the molecule is C1=CC2=Nc3ccc(-c4ccccc4)c[n+]3CN2C=C1c1ccccc1. The third-order valence-corrected chi connectivity index (χ3v) is 4.75. The molecule has 0 unspecified atom stereocenters. The molecule has 5 rings (SSSR count). The summed E-state index contributed by atoms with van der Waals surface area (Å²) in [6.45, 7) is 0.759. The molecular weight excluding hydrogens is 318 g/mol. The molecule has 124 valence electrons. The quantitative estimate of drug-likeness (QED) is 0.628. The number of rotatable bonds is 2. The number of aliphatic imine (C=N–C) groups is 1. The van der Waals surface area contributed by atoms with Crippen LogP contribution in [0.3, 0.4) is 0 Å². The van der Waals surface area contributed by atoms with E-state index >= 15 is 0 Å². The topological polar surface area (TPSA) is 19.5 Å². The molecule has 0 saturated carbocycles. The van der Waals surface area contributed by atoms with Gasteiger partial charge in [-0.2, -0.15) is 0 Å². The largest absolute Gasteiger partial charge is 0.327 e. The Hall–Kier alpha value is -3.46. The van der Waals surface area contributed by atoms with Crippen molar-refractivity contribution in [1.29, 1.82) is 0 Å². The normalized spacial score (nSPS) is 15.0. The summed E-state index contributed by atoms with van der Waals surface area (Å²) in [5.74, 6) is 1.97. The van der Waals surface area contributed by atoms with Crippen molar-refractivity contribution in [3.8, 4) is 11.1 Å². The molecule has 26 heavy (non-hydrogen) atoms. The number of fused-ring (bicyclic) bond motifs is 2. The Labute approximate surface area is 152 Å². The molecule has 1 aromatic heterocycles. The third kappa shape index (κ3) is 2.64. The van der Waals surface area contributed by atoms with Crippen molar-refractivity contribution in [2.24, 2.45) is 4.99 Å². The molecule has 0 spiro atoms. The Kier molecular flexibility index (Phi) is 3.49. The summed E-state index contributed by atoms with van der Waals surface area (Å²) in [6, 6.07) is 25.1. The molecule has 3 aromatic rings. The second-order valence-corrected chi connectivity index (χ2v) is 6.48. The number of hydrogen-bond donors (Lipinski definition) is 0. The maximum absolute atomic E-state index is 4.80. The van der Waals surface area contributed by atoms with Crippen molar-refractivity contribution >= 4 is 17.2 Å². The summed E-state index contributed by atoms with van der Waals surface area (Å²) >= 11 is 0. The maximum Gasteiger partial charge on any atom is 0.327 e. The predicted molar refractivity (Wildman–Crippen MR) is 105 cm³/mol. The highest BCUT2D eigenvalue weighted by Gasteiger charge is 2.27. The van der Waals surface area contributed by atoms with Gasteiger partial charge in [-0.15, -0.1) is 0 Å². The van der Waals surface area contributed by atoms with Crippen LogP contribution < -0.4 is 4.57 Å². The second-order valence-electron chi connectivity index (χ2n) is 6.48. The van der Waals surface area contributed by atoms with Gasteiger partial charge in [0.15, 0.2) is 6.67 Å². The van der Waals surface area contributed by atoms with Crippen LogP contribution in [-0.4, -0.2) is 10.7 Å². The van der Waals surface area contributed by atoms with Crippen molar-refractivity contribution in [3.05, 3.63) is 103 Å². The first kappa shape index (κ1) is 14.8. The van der Waals surface area contributed by atoms with Crippen LogP contribution in [0.5, 0.6) is 0 Å². The number of pyridine rings is 1. The number of amidine groups is 1. The molecular formula is C23H18N3+. The fourth-order valence-corrected chi connectivity index (χ4v) is 3.39. The van der Waals surface area contributed by atoms with Crippen LogP contribution in [0.15, 0.2) is 102 Å². The number of nitrogens with zero attached hydrogens (tertiary/aromatic N) is 3. The Morgan fingerprint density at radius 2 is 1.46 bits per heavy atom. The van der Waals surface area contributed by atoms with E-state index in [0.29, 0.717) is 0 Å². The number of benzene rings is 2. The van der Waals surface area contributed by atoms with Crippen molar-refractivity contribution in [3.63, 3.8) is 0 Å². The predicted octanol–water partition coefficient (Wildman–Crippen LogP) is 4.56. The van der Waals surface area contributed by atoms with Crippen LogP contribution in [0, 0.1) is 0 Å². The lowest BCUT2D eigenvalue weighted by atomic mass is 10.0. The Bertz CT molecular complexity index is 1050. The highest BCUT2D eigenvalue weighted by molar-refractivity contribution is 6.00. The minimum absolute atomic E-state index is 0.759.